The second-order valence-corrected chi connectivity index (χ2v) is 6.29. The molecule has 0 aliphatic carbocycles. The van der Waals surface area contributed by atoms with E-state index in [1.165, 1.54) is 19.2 Å². The maximum Gasteiger partial charge on any atom is 0.307 e. The second-order valence-electron chi connectivity index (χ2n) is 6.29. The standard InChI is InChI=1S/C18H24FN3O4/c1-12(13-4-6-14(19)7-5-13)21(2)16(23)11-22-9-8-20-18(25)15(22)10-17(24)26-3/h4-7,12,15H,8-11H2,1-3H3,(H,20,25). The van der Waals surface area contributed by atoms with Gasteiger partial charge in [-0.3, -0.25) is 19.3 Å². The van der Waals surface area contributed by atoms with Crippen LogP contribution in [0, 0.1) is 5.82 Å². The Morgan fingerprint density at radius 1 is 1.38 bits per heavy atom. The summed E-state index contributed by atoms with van der Waals surface area (Å²) in [5, 5.41) is 2.70. The van der Waals surface area contributed by atoms with Gasteiger partial charge in [0.25, 0.3) is 0 Å². The molecule has 1 aromatic carbocycles. The predicted molar refractivity (Wildman–Crippen MR) is 92.6 cm³/mol. The fourth-order valence-electron chi connectivity index (χ4n) is 2.88. The molecule has 0 aromatic heterocycles. The summed E-state index contributed by atoms with van der Waals surface area (Å²) in [6.07, 6.45) is -0.104. The van der Waals surface area contributed by atoms with Crippen LogP contribution in [0.5, 0.6) is 0 Å². The molecule has 0 saturated carbocycles. The number of likely N-dealkylation sites (N-methyl/N-ethyl adjacent to an activating group) is 1. The fraction of sp³-hybridized carbons (Fsp3) is 0.500. The molecule has 142 valence electrons. The summed E-state index contributed by atoms with van der Waals surface area (Å²) in [7, 11) is 2.92. The first-order valence-electron chi connectivity index (χ1n) is 8.43. The number of methoxy groups -OCH3 is 1. The number of nitrogens with one attached hydrogen (secondary N) is 1. The van der Waals surface area contributed by atoms with E-state index in [2.05, 4.69) is 10.1 Å². The van der Waals surface area contributed by atoms with E-state index in [9.17, 15) is 18.8 Å². The molecule has 2 atom stereocenters. The Hall–Kier alpha value is -2.48. The van der Waals surface area contributed by atoms with Crippen molar-refractivity contribution in [1.82, 2.24) is 15.1 Å². The molecule has 1 heterocycles. The van der Waals surface area contributed by atoms with Gasteiger partial charge in [0.2, 0.25) is 11.8 Å². The van der Waals surface area contributed by atoms with Gasteiger partial charge in [-0.05, 0) is 24.6 Å². The number of rotatable bonds is 6. The smallest absolute Gasteiger partial charge is 0.307 e. The van der Waals surface area contributed by atoms with Crippen LogP contribution in [0.15, 0.2) is 24.3 Å². The number of halogens is 1. The van der Waals surface area contributed by atoms with Crippen LogP contribution in [0.1, 0.15) is 24.9 Å². The zero-order chi connectivity index (χ0) is 19.3. The van der Waals surface area contributed by atoms with Gasteiger partial charge in [0.15, 0.2) is 0 Å². The largest absolute Gasteiger partial charge is 0.469 e. The van der Waals surface area contributed by atoms with Crippen LogP contribution in [0.25, 0.3) is 0 Å². The van der Waals surface area contributed by atoms with E-state index in [-0.39, 0.29) is 36.6 Å². The van der Waals surface area contributed by atoms with Gasteiger partial charge in [-0.2, -0.15) is 0 Å². The molecule has 2 amide bonds. The molecule has 0 bridgehead atoms. The monoisotopic (exact) mass is 365 g/mol. The van der Waals surface area contributed by atoms with Crippen LogP contribution in [0.2, 0.25) is 0 Å². The van der Waals surface area contributed by atoms with Crippen LogP contribution >= 0.6 is 0 Å². The highest BCUT2D eigenvalue weighted by Gasteiger charge is 2.34. The lowest BCUT2D eigenvalue weighted by atomic mass is 10.1. The molecule has 7 nitrogen and oxygen atoms in total. The molecule has 2 rings (SSSR count). The Bertz CT molecular complexity index is 665. The highest BCUT2D eigenvalue weighted by molar-refractivity contribution is 5.88. The van der Waals surface area contributed by atoms with Crippen LogP contribution in [-0.4, -0.2) is 67.4 Å². The van der Waals surface area contributed by atoms with Gasteiger partial charge in [-0.1, -0.05) is 12.1 Å². The minimum Gasteiger partial charge on any atom is -0.469 e. The first kappa shape index (κ1) is 19.8. The molecule has 1 fully saturated rings. The second kappa shape index (κ2) is 8.75. The van der Waals surface area contributed by atoms with Crippen LogP contribution in [-0.2, 0) is 19.1 Å². The highest BCUT2D eigenvalue weighted by Crippen LogP contribution is 2.20. The summed E-state index contributed by atoms with van der Waals surface area (Å²) < 4.78 is 17.7. The van der Waals surface area contributed by atoms with Crippen molar-refractivity contribution in [2.45, 2.75) is 25.4 Å². The average Bonchev–Trinajstić information content (AvgIpc) is 2.63. The maximum atomic E-state index is 13.1. The molecular formula is C18H24FN3O4. The zero-order valence-corrected chi connectivity index (χ0v) is 15.2. The first-order chi connectivity index (χ1) is 12.3. The van der Waals surface area contributed by atoms with Crippen LogP contribution in [0.3, 0.4) is 0 Å². The van der Waals surface area contributed by atoms with Crippen LogP contribution < -0.4 is 5.32 Å². The summed E-state index contributed by atoms with van der Waals surface area (Å²) in [5.74, 6) is -1.31. The van der Waals surface area contributed by atoms with Crippen molar-refractivity contribution >= 4 is 17.8 Å². The van der Waals surface area contributed by atoms with Crippen molar-refractivity contribution in [3.05, 3.63) is 35.6 Å². The minimum atomic E-state index is -0.727. The topological polar surface area (TPSA) is 79.0 Å². The molecule has 0 radical (unpaired) electrons. The van der Waals surface area contributed by atoms with Crippen molar-refractivity contribution < 1.29 is 23.5 Å². The Morgan fingerprint density at radius 2 is 2.04 bits per heavy atom. The SMILES string of the molecule is COC(=O)CC1C(=O)NCCN1CC(=O)N(C)C(C)c1ccc(F)cc1. The van der Waals surface area contributed by atoms with Gasteiger partial charge in [-0.25, -0.2) is 4.39 Å². The van der Waals surface area contributed by atoms with Gasteiger partial charge in [0.1, 0.15) is 11.9 Å². The molecular weight excluding hydrogens is 341 g/mol. The van der Waals surface area contributed by atoms with E-state index < -0.39 is 12.0 Å². The Labute approximate surface area is 152 Å². The van der Waals surface area contributed by atoms with Gasteiger partial charge in [0, 0.05) is 20.1 Å². The molecule has 1 aliphatic heterocycles. The van der Waals surface area contributed by atoms with E-state index in [0.717, 1.165) is 5.56 Å². The van der Waals surface area contributed by atoms with E-state index in [1.54, 1.807) is 29.0 Å². The molecule has 2 unspecified atom stereocenters. The Morgan fingerprint density at radius 3 is 2.65 bits per heavy atom. The predicted octanol–water partition coefficient (Wildman–Crippen LogP) is 0.709. The normalized spacial score (nSPS) is 18.8. The fourth-order valence-corrected chi connectivity index (χ4v) is 2.88. The summed E-state index contributed by atoms with van der Waals surface area (Å²) in [6, 6.07) is 5.00. The van der Waals surface area contributed by atoms with E-state index in [4.69, 9.17) is 0 Å². The molecule has 1 N–H and O–H groups in total. The lowest BCUT2D eigenvalue weighted by Crippen LogP contribution is -2.58. The molecule has 1 aromatic rings. The van der Waals surface area contributed by atoms with Crippen molar-refractivity contribution in [2.24, 2.45) is 0 Å². The Balaban J connectivity index is 2.04. The van der Waals surface area contributed by atoms with Crippen LogP contribution in [0.4, 0.5) is 4.39 Å². The average molecular weight is 365 g/mol. The maximum absolute atomic E-state index is 13.1. The quantitative estimate of drug-likeness (QED) is 0.751. The number of carbonyl (C=O) groups excluding carboxylic acids is 3. The molecule has 1 saturated heterocycles. The number of carbonyl (C=O) groups is 3. The summed E-state index contributed by atoms with van der Waals surface area (Å²) in [6.45, 7) is 2.75. The Kier molecular flexibility index (Phi) is 6.68. The van der Waals surface area contributed by atoms with Crippen molar-refractivity contribution in [2.75, 3.05) is 33.8 Å². The van der Waals surface area contributed by atoms with Gasteiger partial charge < -0.3 is 15.0 Å². The lowest BCUT2D eigenvalue weighted by molar-refractivity contribution is -0.147. The third kappa shape index (κ3) is 4.78. The zero-order valence-electron chi connectivity index (χ0n) is 15.2. The van der Waals surface area contributed by atoms with Crippen molar-refractivity contribution in [3.63, 3.8) is 0 Å². The number of benzene rings is 1. The highest BCUT2D eigenvalue weighted by atomic mass is 19.1. The molecule has 26 heavy (non-hydrogen) atoms. The number of nitrogens with zero attached hydrogens (tertiary/aromatic N) is 2. The summed E-state index contributed by atoms with van der Waals surface area (Å²) >= 11 is 0. The number of ether oxygens (including phenoxy) is 1. The van der Waals surface area contributed by atoms with Gasteiger partial charge in [0.05, 0.1) is 26.1 Å². The first-order valence-corrected chi connectivity index (χ1v) is 8.43. The molecule has 0 spiro atoms. The summed E-state index contributed by atoms with van der Waals surface area (Å²) in [4.78, 5) is 39.5. The van der Waals surface area contributed by atoms with Gasteiger partial charge >= 0.3 is 5.97 Å². The number of amides is 2. The van der Waals surface area contributed by atoms with E-state index in [1.807, 2.05) is 6.92 Å². The number of piperazine rings is 1. The summed E-state index contributed by atoms with van der Waals surface area (Å²) in [5.41, 5.74) is 0.810. The molecule has 1 aliphatic rings. The van der Waals surface area contributed by atoms with E-state index in [0.29, 0.717) is 13.1 Å². The van der Waals surface area contributed by atoms with Gasteiger partial charge in [-0.15, -0.1) is 0 Å². The van der Waals surface area contributed by atoms with Crippen molar-refractivity contribution in [3.8, 4) is 0 Å². The lowest BCUT2D eigenvalue weighted by Gasteiger charge is -2.35. The van der Waals surface area contributed by atoms with E-state index >= 15 is 0 Å². The minimum absolute atomic E-state index is 0.0110. The number of esters is 1. The molecule has 8 heteroatoms. The van der Waals surface area contributed by atoms with Crippen molar-refractivity contribution in [1.29, 1.82) is 0 Å². The number of hydrogen-bond donors (Lipinski definition) is 1. The third-order valence-electron chi connectivity index (χ3n) is 4.69. The number of hydrogen-bond acceptors (Lipinski definition) is 5. The third-order valence-corrected chi connectivity index (χ3v) is 4.69.